The molecule has 0 unspecified atom stereocenters. The zero-order valence-corrected chi connectivity index (χ0v) is 16.4. The van der Waals surface area contributed by atoms with Gasteiger partial charge in [-0.25, -0.2) is 9.97 Å². The number of hydrogen-bond donors (Lipinski definition) is 1. The molecule has 0 amide bonds. The zero-order chi connectivity index (χ0) is 19.9. The lowest BCUT2D eigenvalue weighted by molar-refractivity contribution is 0.0860. The summed E-state index contributed by atoms with van der Waals surface area (Å²) in [5.41, 5.74) is 4.46. The van der Waals surface area contributed by atoms with E-state index in [0.717, 1.165) is 37.2 Å². The third kappa shape index (κ3) is 3.13. The highest BCUT2D eigenvalue weighted by molar-refractivity contribution is 6.08. The Morgan fingerprint density at radius 2 is 2.00 bits per heavy atom. The van der Waals surface area contributed by atoms with Gasteiger partial charge >= 0.3 is 0 Å². The van der Waals surface area contributed by atoms with Gasteiger partial charge in [0.1, 0.15) is 11.6 Å². The van der Waals surface area contributed by atoms with Gasteiger partial charge in [0.15, 0.2) is 11.4 Å². The first kappa shape index (κ1) is 18.2. The van der Waals surface area contributed by atoms with Crippen molar-refractivity contribution >= 4 is 22.6 Å². The van der Waals surface area contributed by atoms with Crippen LogP contribution in [0.25, 0.3) is 22.4 Å². The normalized spacial score (nSPS) is 14.4. The Hall–Kier alpha value is -3.20. The van der Waals surface area contributed by atoms with E-state index in [1.165, 1.54) is 0 Å². The summed E-state index contributed by atoms with van der Waals surface area (Å²) in [7, 11) is 0. The average Bonchev–Trinajstić information content (AvgIpc) is 3.35. The van der Waals surface area contributed by atoms with E-state index in [-0.39, 0.29) is 5.78 Å². The lowest BCUT2D eigenvalue weighted by atomic mass is 9.87. The molecular formula is C22H23N5O. The molecule has 1 saturated heterocycles. The number of anilines is 1. The maximum absolute atomic E-state index is 12.8. The summed E-state index contributed by atoms with van der Waals surface area (Å²) in [6.07, 6.45) is 5.68. The number of nitrogens with one attached hydrogen (secondary N) is 1. The number of Topliss-reactive ketones (excluding diaryl/α,β-unsaturated/α-hetero) is 1. The molecule has 1 N–H and O–H groups in total. The van der Waals surface area contributed by atoms with Gasteiger partial charge in [0.25, 0.3) is 0 Å². The van der Waals surface area contributed by atoms with E-state index in [2.05, 4.69) is 20.9 Å². The van der Waals surface area contributed by atoms with Gasteiger partial charge < -0.3 is 9.88 Å². The van der Waals surface area contributed by atoms with Crippen LogP contribution in [-0.2, 0) is 0 Å². The molecular weight excluding hydrogens is 350 g/mol. The van der Waals surface area contributed by atoms with E-state index < -0.39 is 5.41 Å². The first-order valence-electron chi connectivity index (χ1n) is 9.57. The number of rotatable bonds is 3. The summed E-state index contributed by atoms with van der Waals surface area (Å²) in [5, 5.41) is 9.48. The minimum atomic E-state index is -0.496. The van der Waals surface area contributed by atoms with Crippen LogP contribution in [0.5, 0.6) is 0 Å². The maximum atomic E-state index is 12.8. The first-order valence-corrected chi connectivity index (χ1v) is 9.57. The molecule has 0 atom stereocenters. The van der Waals surface area contributed by atoms with Crippen LogP contribution in [0, 0.1) is 16.7 Å². The molecule has 142 valence electrons. The Labute approximate surface area is 164 Å². The van der Waals surface area contributed by atoms with E-state index in [9.17, 15) is 10.1 Å². The highest BCUT2D eigenvalue weighted by atomic mass is 16.1. The zero-order valence-electron chi connectivity index (χ0n) is 16.4. The van der Waals surface area contributed by atoms with Crippen molar-refractivity contribution in [2.75, 3.05) is 18.0 Å². The third-order valence-electron chi connectivity index (χ3n) is 5.17. The molecule has 0 saturated carbocycles. The number of hydrogen-bond acceptors (Lipinski definition) is 5. The van der Waals surface area contributed by atoms with Crippen molar-refractivity contribution in [3.05, 3.63) is 41.7 Å². The SMILES string of the molecule is CC(C)(C)C(=O)c1c[nH]c2ncc(-c3ccc(C#N)c(N4CCCC4)c3)nc12. The minimum absolute atomic E-state index is 0.0304. The van der Waals surface area contributed by atoms with Crippen LogP contribution < -0.4 is 4.90 Å². The second kappa shape index (κ2) is 6.75. The van der Waals surface area contributed by atoms with Gasteiger partial charge in [-0.1, -0.05) is 26.8 Å². The Bertz CT molecular complexity index is 1090. The molecule has 2 aromatic heterocycles. The predicted octanol–water partition coefficient (Wildman–Crippen LogP) is 4.33. The molecule has 6 heteroatoms. The Kier molecular flexibility index (Phi) is 4.38. The molecule has 0 spiro atoms. The highest BCUT2D eigenvalue weighted by Crippen LogP contribution is 2.31. The van der Waals surface area contributed by atoms with Crippen molar-refractivity contribution in [1.82, 2.24) is 15.0 Å². The van der Waals surface area contributed by atoms with Gasteiger partial charge in [-0.2, -0.15) is 5.26 Å². The van der Waals surface area contributed by atoms with E-state index in [1.54, 1.807) is 12.4 Å². The molecule has 6 nitrogen and oxygen atoms in total. The molecule has 3 heterocycles. The number of nitriles is 1. The maximum Gasteiger partial charge on any atom is 0.171 e. The number of aromatic amines is 1. The lowest BCUT2D eigenvalue weighted by Crippen LogP contribution is -2.20. The molecule has 0 aliphatic carbocycles. The fraction of sp³-hybridized carbons (Fsp3) is 0.364. The summed E-state index contributed by atoms with van der Waals surface area (Å²) in [4.78, 5) is 27.3. The second-order valence-corrected chi connectivity index (χ2v) is 8.27. The second-order valence-electron chi connectivity index (χ2n) is 8.27. The van der Waals surface area contributed by atoms with Crippen LogP contribution in [-0.4, -0.2) is 33.8 Å². The van der Waals surface area contributed by atoms with E-state index >= 15 is 0 Å². The van der Waals surface area contributed by atoms with E-state index in [0.29, 0.717) is 28.0 Å². The van der Waals surface area contributed by atoms with Crippen LogP contribution in [0.1, 0.15) is 49.5 Å². The van der Waals surface area contributed by atoms with Crippen LogP contribution in [0.15, 0.2) is 30.6 Å². The summed E-state index contributed by atoms with van der Waals surface area (Å²) in [6, 6.07) is 8.04. The standard InChI is InChI=1S/C22H23N5O/c1-22(2,3)20(28)16-12-24-21-19(16)26-17(13-25-21)14-6-7-15(11-23)18(10-14)27-8-4-5-9-27/h6-7,10,12-13H,4-5,8-9H2,1-3H3,(H,24,25). The van der Waals surface area contributed by atoms with Crippen molar-refractivity contribution in [2.24, 2.45) is 5.41 Å². The van der Waals surface area contributed by atoms with Crippen molar-refractivity contribution in [2.45, 2.75) is 33.6 Å². The number of H-pyrrole nitrogens is 1. The van der Waals surface area contributed by atoms with Gasteiger partial charge in [0.2, 0.25) is 0 Å². The minimum Gasteiger partial charge on any atom is -0.370 e. The molecule has 4 rings (SSSR count). The summed E-state index contributed by atoms with van der Waals surface area (Å²) >= 11 is 0. The molecule has 28 heavy (non-hydrogen) atoms. The van der Waals surface area contributed by atoms with Gasteiger partial charge in [-0.3, -0.25) is 4.79 Å². The van der Waals surface area contributed by atoms with Crippen molar-refractivity contribution in [1.29, 1.82) is 5.26 Å². The summed E-state index contributed by atoms with van der Waals surface area (Å²) in [5.74, 6) is 0.0304. The number of benzene rings is 1. The van der Waals surface area contributed by atoms with Crippen molar-refractivity contribution in [3.63, 3.8) is 0 Å². The van der Waals surface area contributed by atoms with Gasteiger partial charge in [0, 0.05) is 30.3 Å². The number of carbonyl (C=O) groups excluding carboxylic acids is 1. The first-order chi connectivity index (χ1) is 13.4. The molecule has 1 aliphatic rings. The fourth-order valence-corrected chi connectivity index (χ4v) is 3.61. The van der Waals surface area contributed by atoms with Crippen LogP contribution >= 0.6 is 0 Å². The van der Waals surface area contributed by atoms with Gasteiger partial charge in [0.05, 0.1) is 28.7 Å². The topological polar surface area (TPSA) is 85.7 Å². The Balaban J connectivity index is 1.80. The third-order valence-corrected chi connectivity index (χ3v) is 5.17. The number of ketones is 1. The number of aromatic nitrogens is 3. The Morgan fingerprint density at radius 3 is 2.68 bits per heavy atom. The van der Waals surface area contributed by atoms with Crippen LogP contribution in [0.2, 0.25) is 0 Å². The van der Waals surface area contributed by atoms with Crippen molar-refractivity contribution < 1.29 is 4.79 Å². The molecule has 1 aliphatic heterocycles. The predicted molar refractivity (Wildman–Crippen MR) is 109 cm³/mol. The summed E-state index contributed by atoms with van der Waals surface area (Å²) < 4.78 is 0. The van der Waals surface area contributed by atoms with E-state index in [4.69, 9.17) is 4.98 Å². The number of fused-ring (bicyclic) bond motifs is 1. The quantitative estimate of drug-likeness (QED) is 0.691. The van der Waals surface area contributed by atoms with Crippen LogP contribution in [0.3, 0.4) is 0 Å². The molecule has 0 radical (unpaired) electrons. The van der Waals surface area contributed by atoms with Gasteiger partial charge in [-0.15, -0.1) is 0 Å². The Morgan fingerprint density at radius 1 is 1.25 bits per heavy atom. The smallest absolute Gasteiger partial charge is 0.171 e. The van der Waals surface area contributed by atoms with Gasteiger partial charge in [-0.05, 0) is 25.0 Å². The summed E-state index contributed by atoms with van der Waals surface area (Å²) in [6.45, 7) is 7.62. The number of carbonyl (C=O) groups is 1. The van der Waals surface area contributed by atoms with Crippen molar-refractivity contribution in [3.8, 4) is 17.3 Å². The molecule has 3 aromatic rings. The monoisotopic (exact) mass is 373 g/mol. The lowest BCUT2D eigenvalue weighted by Gasteiger charge is -2.20. The highest BCUT2D eigenvalue weighted by Gasteiger charge is 2.26. The molecule has 1 fully saturated rings. The average molecular weight is 373 g/mol. The largest absolute Gasteiger partial charge is 0.370 e. The molecule has 0 bridgehead atoms. The number of nitrogens with zero attached hydrogens (tertiary/aromatic N) is 4. The van der Waals surface area contributed by atoms with Crippen LogP contribution in [0.4, 0.5) is 5.69 Å². The fourth-order valence-electron chi connectivity index (χ4n) is 3.61. The molecule has 1 aromatic carbocycles. The van der Waals surface area contributed by atoms with E-state index in [1.807, 2.05) is 39.0 Å².